The third kappa shape index (κ3) is 8.40. The Morgan fingerprint density at radius 3 is 2.52 bits per heavy atom. The first-order valence-electron chi connectivity index (χ1n) is 13.4. The summed E-state index contributed by atoms with van der Waals surface area (Å²) in [6.07, 6.45) is 3.65. The highest BCUT2D eigenvalue weighted by Crippen LogP contribution is 2.26. The van der Waals surface area contributed by atoms with Crippen LogP contribution in [0.2, 0.25) is 0 Å². The fourth-order valence-corrected chi connectivity index (χ4v) is 4.52. The minimum atomic E-state index is -1.22. The minimum Gasteiger partial charge on any atom is -0.480 e. The molecule has 0 unspecified atom stereocenters. The zero-order valence-electron chi connectivity index (χ0n) is 22.2. The third-order valence-electron chi connectivity index (χ3n) is 7.04. The first-order chi connectivity index (χ1) is 19.4. The summed E-state index contributed by atoms with van der Waals surface area (Å²) < 4.78 is 11.3. The lowest BCUT2D eigenvalue weighted by Crippen LogP contribution is -2.51. The Kier molecular flexibility index (Phi) is 10.3. The predicted octanol–water partition coefficient (Wildman–Crippen LogP) is 1.78. The zero-order chi connectivity index (χ0) is 28.3. The summed E-state index contributed by atoms with van der Waals surface area (Å²) in [6.45, 7) is 0.192. The number of likely N-dealkylation sites (tertiary alicyclic amines) is 1. The summed E-state index contributed by atoms with van der Waals surface area (Å²) in [5.41, 5.74) is 0.867. The van der Waals surface area contributed by atoms with Crippen molar-refractivity contribution in [2.24, 2.45) is 5.92 Å². The molecule has 0 bridgehead atoms. The molecule has 1 saturated heterocycles. The molecule has 4 N–H and O–H groups in total. The molecule has 2 aromatic rings. The van der Waals surface area contributed by atoms with Gasteiger partial charge < -0.3 is 35.4 Å². The van der Waals surface area contributed by atoms with Crippen LogP contribution < -0.4 is 16.0 Å². The van der Waals surface area contributed by atoms with Crippen molar-refractivity contribution in [2.45, 2.75) is 50.5 Å². The molecule has 2 heterocycles. The molecular weight excluding hydrogens is 518 g/mol. The smallest absolute Gasteiger partial charge is 0.410 e. The monoisotopic (exact) mass is 553 g/mol. The maximum absolute atomic E-state index is 13.0. The Morgan fingerprint density at radius 1 is 1.07 bits per heavy atom. The van der Waals surface area contributed by atoms with Crippen molar-refractivity contribution in [3.05, 3.63) is 60.3 Å². The number of aromatic nitrogens is 1. The second-order valence-corrected chi connectivity index (χ2v) is 9.94. The summed E-state index contributed by atoms with van der Waals surface area (Å²) in [7, 11) is 0. The fraction of sp³-hybridized carbons (Fsp3) is 0.464. The predicted molar refractivity (Wildman–Crippen MR) is 144 cm³/mol. The van der Waals surface area contributed by atoms with Crippen molar-refractivity contribution in [2.75, 3.05) is 31.6 Å². The summed E-state index contributed by atoms with van der Waals surface area (Å²) in [5.74, 6) is -1.54. The van der Waals surface area contributed by atoms with E-state index in [4.69, 9.17) is 9.47 Å². The van der Waals surface area contributed by atoms with E-state index in [0.29, 0.717) is 18.8 Å². The first-order valence-corrected chi connectivity index (χ1v) is 13.4. The molecule has 1 saturated carbocycles. The van der Waals surface area contributed by atoms with E-state index in [0.717, 1.165) is 24.8 Å². The molecule has 214 valence electrons. The Labute approximate surface area is 232 Å². The molecule has 12 nitrogen and oxygen atoms in total. The second kappa shape index (κ2) is 14.3. The number of nitrogens with zero attached hydrogens (tertiary/aromatic N) is 2. The molecule has 12 heteroatoms. The molecule has 0 spiro atoms. The van der Waals surface area contributed by atoms with Crippen LogP contribution in [-0.2, 0) is 30.5 Å². The number of benzene rings is 1. The number of carboxylic acids is 1. The van der Waals surface area contributed by atoms with E-state index in [1.165, 1.54) is 0 Å². The highest BCUT2D eigenvalue weighted by Gasteiger charge is 2.37. The van der Waals surface area contributed by atoms with Crippen LogP contribution in [0.1, 0.15) is 31.2 Å². The normalized spacial score (nSPS) is 19.2. The Bertz CT molecular complexity index is 1150. The van der Waals surface area contributed by atoms with Crippen LogP contribution in [0.25, 0.3) is 0 Å². The number of pyridine rings is 1. The number of carbonyl (C=O) groups excluding carboxylic acids is 3. The van der Waals surface area contributed by atoms with Crippen molar-refractivity contribution < 1.29 is 33.8 Å². The number of anilines is 1. The van der Waals surface area contributed by atoms with Gasteiger partial charge in [-0.05, 0) is 37.0 Å². The lowest BCUT2D eigenvalue weighted by atomic mass is 9.84. The number of carboxylic acid groups (broad SMARTS) is 1. The van der Waals surface area contributed by atoms with Crippen molar-refractivity contribution in [1.82, 2.24) is 20.5 Å². The van der Waals surface area contributed by atoms with Gasteiger partial charge in [-0.15, -0.1) is 0 Å². The molecule has 4 rings (SSSR count). The molecule has 40 heavy (non-hydrogen) atoms. The quantitative estimate of drug-likeness (QED) is 0.290. The summed E-state index contributed by atoms with van der Waals surface area (Å²) in [4.78, 5) is 54.8. The number of aliphatic carboxylic acids is 1. The van der Waals surface area contributed by atoms with E-state index in [1.807, 2.05) is 48.5 Å². The number of hydrogen-bond acceptors (Lipinski definition) is 8. The maximum atomic E-state index is 13.0. The van der Waals surface area contributed by atoms with E-state index in [1.54, 1.807) is 11.1 Å². The number of hydrogen-bond donors (Lipinski definition) is 4. The Balaban J connectivity index is 1.27. The topological polar surface area (TPSA) is 159 Å². The highest BCUT2D eigenvalue weighted by molar-refractivity contribution is 5.86. The van der Waals surface area contributed by atoms with E-state index in [-0.39, 0.29) is 44.2 Å². The average Bonchev–Trinajstić information content (AvgIpc) is 3.35. The number of ether oxygens (including phenoxy) is 2. The van der Waals surface area contributed by atoms with Crippen LogP contribution in [-0.4, -0.2) is 83.3 Å². The van der Waals surface area contributed by atoms with Gasteiger partial charge in [0.15, 0.2) is 0 Å². The van der Waals surface area contributed by atoms with Crippen LogP contribution in [0.4, 0.5) is 10.6 Å². The van der Waals surface area contributed by atoms with Crippen molar-refractivity contribution in [3.8, 4) is 0 Å². The third-order valence-corrected chi connectivity index (χ3v) is 7.04. The van der Waals surface area contributed by atoms with Gasteiger partial charge in [0.1, 0.15) is 25.1 Å². The van der Waals surface area contributed by atoms with E-state index >= 15 is 0 Å². The number of amides is 3. The molecule has 3 atom stereocenters. The van der Waals surface area contributed by atoms with E-state index in [9.17, 15) is 24.3 Å². The molecule has 1 aliphatic heterocycles. The maximum Gasteiger partial charge on any atom is 0.410 e. The number of rotatable bonds is 13. The van der Waals surface area contributed by atoms with Gasteiger partial charge in [-0.2, -0.15) is 0 Å². The van der Waals surface area contributed by atoms with Crippen molar-refractivity contribution in [1.29, 1.82) is 0 Å². The van der Waals surface area contributed by atoms with Gasteiger partial charge in [-0.1, -0.05) is 42.8 Å². The minimum absolute atomic E-state index is 0.131. The SMILES string of the molecule is O=C(CO[C@@H]1C[C@@H](CNc2ccccn2)N(C(=O)OCc2ccccc2)C1)NC[C@H](NC(=O)C1CCC1)C(=O)O. The van der Waals surface area contributed by atoms with E-state index < -0.39 is 30.1 Å². The van der Waals surface area contributed by atoms with Crippen LogP contribution in [0.3, 0.4) is 0 Å². The summed E-state index contributed by atoms with van der Waals surface area (Å²) >= 11 is 0. The Hall–Kier alpha value is -4.19. The molecule has 2 aliphatic rings. The van der Waals surface area contributed by atoms with Gasteiger partial charge in [0.2, 0.25) is 11.8 Å². The van der Waals surface area contributed by atoms with Crippen molar-refractivity contribution in [3.63, 3.8) is 0 Å². The largest absolute Gasteiger partial charge is 0.480 e. The second-order valence-electron chi connectivity index (χ2n) is 9.94. The van der Waals surface area contributed by atoms with Gasteiger partial charge in [0.05, 0.1) is 18.7 Å². The van der Waals surface area contributed by atoms with Crippen LogP contribution >= 0.6 is 0 Å². The van der Waals surface area contributed by atoms with Gasteiger partial charge >= 0.3 is 12.1 Å². The van der Waals surface area contributed by atoms with Gasteiger partial charge in [0.25, 0.3) is 0 Å². The summed E-state index contributed by atoms with van der Waals surface area (Å²) in [5, 5.41) is 17.6. The van der Waals surface area contributed by atoms with Gasteiger partial charge in [-0.3, -0.25) is 9.59 Å². The van der Waals surface area contributed by atoms with Crippen molar-refractivity contribution >= 4 is 29.7 Å². The van der Waals surface area contributed by atoms with Crippen LogP contribution in [0, 0.1) is 5.92 Å². The van der Waals surface area contributed by atoms with Crippen LogP contribution in [0.5, 0.6) is 0 Å². The van der Waals surface area contributed by atoms with Crippen LogP contribution in [0.15, 0.2) is 54.7 Å². The van der Waals surface area contributed by atoms with E-state index in [2.05, 4.69) is 20.9 Å². The molecule has 1 aromatic carbocycles. The first kappa shape index (κ1) is 28.8. The van der Waals surface area contributed by atoms with Gasteiger partial charge in [0, 0.05) is 25.2 Å². The molecular formula is C28H35N5O7. The summed E-state index contributed by atoms with van der Waals surface area (Å²) in [6, 6.07) is 13.4. The number of carbonyl (C=O) groups is 4. The zero-order valence-corrected chi connectivity index (χ0v) is 22.2. The molecule has 3 amide bonds. The lowest BCUT2D eigenvalue weighted by Gasteiger charge is -2.26. The lowest BCUT2D eigenvalue weighted by molar-refractivity contribution is -0.143. The molecule has 1 aliphatic carbocycles. The number of nitrogens with one attached hydrogen (secondary N) is 3. The highest BCUT2D eigenvalue weighted by atomic mass is 16.6. The molecule has 1 aromatic heterocycles. The average molecular weight is 554 g/mol. The standard InChI is InChI=1S/C28H35N5O7/c34-25(31-15-23(27(36)37)32-26(35)20-9-6-10-20)18-39-22-13-21(14-30-24-11-4-5-12-29-24)33(16-22)28(38)40-17-19-7-2-1-3-8-19/h1-5,7-8,11-12,20-23H,6,9-10,13-18H2,(H,29,30)(H,31,34)(H,32,35)(H,36,37)/t21-,22+,23-/m0/s1. The van der Waals surface area contributed by atoms with Gasteiger partial charge in [-0.25, -0.2) is 14.6 Å². The molecule has 0 radical (unpaired) electrons. The fourth-order valence-electron chi connectivity index (χ4n) is 4.52. The molecule has 2 fully saturated rings. The Morgan fingerprint density at radius 2 is 1.85 bits per heavy atom.